The molecule has 1 fully saturated rings. The lowest BCUT2D eigenvalue weighted by Gasteiger charge is -2.38. The van der Waals surface area contributed by atoms with E-state index in [4.69, 9.17) is 15.2 Å². The number of hydrogen-bond donors (Lipinski definition) is 4. The largest absolute Gasteiger partial charge is 0.397 e. The maximum absolute atomic E-state index is 12.6. The zero-order valence-corrected chi connectivity index (χ0v) is 29.9. The van der Waals surface area contributed by atoms with Crippen LogP contribution in [-0.2, 0) is 45.3 Å². The molecule has 274 valence electrons. The number of amides is 2. The van der Waals surface area contributed by atoms with Crippen LogP contribution in [0.15, 0.2) is 133 Å². The van der Waals surface area contributed by atoms with Crippen LogP contribution >= 0.6 is 0 Å². The topological polar surface area (TPSA) is 126 Å². The van der Waals surface area contributed by atoms with Crippen molar-refractivity contribution in [2.45, 2.75) is 70.4 Å². The van der Waals surface area contributed by atoms with E-state index in [0.717, 1.165) is 35.3 Å². The Kier molecular flexibility index (Phi) is 13.4. The Bertz CT molecular complexity index is 1850. The summed E-state index contributed by atoms with van der Waals surface area (Å²) in [6.07, 6.45) is 0.671. The molecule has 1 aliphatic rings. The predicted molar refractivity (Wildman–Crippen MR) is 207 cm³/mol. The van der Waals surface area contributed by atoms with Crippen molar-refractivity contribution in [3.05, 3.63) is 167 Å². The minimum Gasteiger partial charge on any atom is -0.397 e. The van der Waals surface area contributed by atoms with E-state index in [0.29, 0.717) is 37.3 Å². The van der Waals surface area contributed by atoms with Gasteiger partial charge < -0.3 is 30.9 Å². The van der Waals surface area contributed by atoms with Crippen LogP contribution < -0.4 is 16.4 Å². The third-order valence-corrected chi connectivity index (χ3v) is 9.36. The molecule has 0 spiro atoms. The van der Waals surface area contributed by atoms with E-state index in [2.05, 4.69) is 64.1 Å². The maximum atomic E-state index is 12.6. The molecule has 1 heterocycles. The lowest BCUT2D eigenvalue weighted by Crippen LogP contribution is -2.39. The number of nitrogens with one attached hydrogen (secondary N) is 2. The Labute approximate surface area is 311 Å². The van der Waals surface area contributed by atoms with Crippen molar-refractivity contribution in [1.82, 2.24) is 10.2 Å². The van der Waals surface area contributed by atoms with E-state index >= 15 is 0 Å². The molecule has 5 N–H and O–H groups in total. The zero-order valence-electron chi connectivity index (χ0n) is 29.9. The summed E-state index contributed by atoms with van der Waals surface area (Å²) in [6, 6.07) is 44.0. The molecule has 0 bridgehead atoms. The van der Waals surface area contributed by atoms with Gasteiger partial charge >= 0.3 is 0 Å². The van der Waals surface area contributed by atoms with Gasteiger partial charge in [0.15, 0.2) is 6.29 Å². The molecule has 5 aromatic carbocycles. The van der Waals surface area contributed by atoms with E-state index in [9.17, 15) is 14.7 Å². The Morgan fingerprint density at radius 2 is 1.26 bits per heavy atom. The van der Waals surface area contributed by atoms with E-state index in [1.165, 1.54) is 11.1 Å². The molecule has 0 aliphatic carbocycles. The lowest BCUT2D eigenvalue weighted by molar-refractivity contribution is -0.253. The molecule has 0 saturated carbocycles. The second-order valence-electron chi connectivity index (χ2n) is 13.5. The number of carbonyl (C=O) groups is 2. The van der Waals surface area contributed by atoms with Crippen LogP contribution in [0.4, 0.5) is 11.4 Å². The van der Waals surface area contributed by atoms with Gasteiger partial charge in [-0.15, -0.1) is 0 Å². The Hall–Kier alpha value is -5.32. The van der Waals surface area contributed by atoms with Gasteiger partial charge in [0, 0.05) is 51.0 Å². The first-order valence-corrected chi connectivity index (χ1v) is 18.2. The number of anilines is 2. The SMILES string of the molecule is Nc1ccccc1NC(=O)CCCC(=O)NCc1ccc([C@@H]2O[C@H](CN(Cc3ccccc3)Cc3ccccc3)C[C@H](c3ccc(CO)cc3)O2)cc1. The van der Waals surface area contributed by atoms with Crippen molar-refractivity contribution in [2.75, 3.05) is 17.6 Å². The number of para-hydroxylation sites is 2. The predicted octanol–water partition coefficient (Wildman–Crippen LogP) is 7.43. The number of benzene rings is 5. The first-order valence-electron chi connectivity index (χ1n) is 18.2. The van der Waals surface area contributed by atoms with Gasteiger partial charge in [0.25, 0.3) is 0 Å². The molecule has 2 amide bonds. The highest BCUT2D eigenvalue weighted by Gasteiger charge is 2.33. The minimum absolute atomic E-state index is 0.0112. The molecule has 9 nitrogen and oxygen atoms in total. The van der Waals surface area contributed by atoms with Crippen molar-refractivity contribution in [1.29, 1.82) is 0 Å². The standard InChI is InChI=1S/C44H48N4O5/c45-39-14-7-8-15-40(39)47-43(51)17-9-16-42(50)46-27-32-18-24-37(25-19-32)44-52-38(26-41(53-44)36-22-20-35(31-49)21-23-36)30-48(28-33-10-3-1-4-11-33)29-34-12-5-2-6-13-34/h1-8,10-15,18-25,38,41,44,49H,9,16-17,26-31,45H2,(H,46,50)(H,47,51)/t38-,41+,44+/m0/s1. The van der Waals surface area contributed by atoms with Gasteiger partial charge in [-0.25, -0.2) is 0 Å². The number of carbonyl (C=O) groups excluding carboxylic acids is 2. The van der Waals surface area contributed by atoms with E-state index in [-0.39, 0.29) is 43.5 Å². The monoisotopic (exact) mass is 712 g/mol. The van der Waals surface area contributed by atoms with Crippen molar-refractivity contribution in [3.63, 3.8) is 0 Å². The minimum atomic E-state index is -0.590. The van der Waals surface area contributed by atoms with Crippen LogP contribution in [-0.4, -0.2) is 34.5 Å². The number of aliphatic hydroxyl groups is 1. The quantitative estimate of drug-likeness (QED) is 0.0784. The Morgan fingerprint density at radius 1 is 0.679 bits per heavy atom. The number of ether oxygens (including phenoxy) is 2. The summed E-state index contributed by atoms with van der Waals surface area (Å²) in [5.41, 5.74) is 13.2. The average Bonchev–Trinajstić information content (AvgIpc) is 3.19. The fraction of sp³-hybridized carbons (Fsp3) is 0.273. The van der Waals surface area contributed by atoms with Crippen molar-refractivity contribution in [3.8, 4) is 0 Å². The van der Waals surface area contributed by atoms with Crippen LogP contribution in [0.1, 0.15) is 71.5 Å². The first-order chi connectivity index (χ1) is 25.9. The van der Waals surface area contributed by atoms with E-state index in [1.807, 2.05) is 72.8 Å². The fourth-order valence-corrected chi connectivity index (χ4v) is 6.50. The summed E-state index contributed by atoms with van der Waals surface area (Å²) in [5, 5.41) is 15.4. The zero-order chi connectivity index (χ0) is 36.8. The van der Waals surface area contributed by atoms with Gasteiger partial charge in [-0.3, -0.25) is 14.5 Å². The van der Waals surface area contributed by atoms with Gasteiger partial charge in [0.2, 0.25) is 11.8 Å². The molecule has 0 radical (unpaired) electrons. The van der Waals surface area contributed by atoms with Crippen molar-refractivity contribution >= 4 is 23.2 Å². The lowest BCUT2D eigenvalue weighted by atomic mass is 9.99. The van der Waals surface area contributed by atoms with Crippen LogP contribution in [0.25, 0.3) is 0 Å². The van der Waals surface area contributed by atoms with Crippen LogP contribution in [0.5, 0.6) is 0 Å². The molecular weight excluding hydrogens is 665 g/mol. The van der Waals surface area contributed by atoms with Crippen molar-refractivity contribution in [2.24, 2.45) is 0 Å². The third kappa shape index (κ3) is 11.3. The molecule has 0 aromatic heterocycles. The Morgan fingerprint density at radius 3 is 1.91 bits per heavy atom. The normalized spacial score (nSPS) is 17.0. The fourth-order valence-electron chi connectivity index (χ4n) is 6.50. The number of nitrogens with zero attached hydrogens (tertiary/aromatic N) is 1. The molecule has 3 atom stereocenters. The smallest absolute Gasteiger partial charge is 0.224 e. The Balaban J connectivity index is 1.08. The average molecular weight is 713 g/mol. The van der Waals surface area contributed by atoms with Gasteiger partial charge in [0.05, 0.1) is 30.2 Å². The maximum Gasteiger partial charge on any atom is 0.224 e. The van der Waals surface area contributed by atoms with E-state index < -0.39 is 6.29 Å². The van der Waals surface area contributed by atoms with Crippen LogP contribution in [0.2, 0.25) is 0 Å². The number of aliphatic hydroxyl groups excluding tert-OH is 1. The summed E-state index contributed by atoms with van der Waals surface area (Å²) >= 11 is 0. The number of nitrogens with two attached hydrogens (primary N) is 1. The van der Waals surface area contributed by atoms with Gasteiger partial charge in [0.1, 0.15) is 0 Å². The molecule has 5 aromatic rings. The summed E-state index contributed by atoms with van der Waals surface area (Å²) in [4.78, 5) is 27.3. The summed E-state index contributed by atoms with van der Waals surface area (Å²) in [6.45, 7) is 2.64. The molecule has 6 rings (SSSR count). The highest BCUT2D eigenvalue weighted by atomic mass is 16.7. The molecule has 1 saturated heterocycles. The summed E-state index contributed by atoms with van der Waals surface area (Å²) in [5.74, 6) is -0.293. The van der Waals surface area contributed by atoms with Crippen LogP contribution in [0, 0.1) is 0 Å². The summed E-state index contributed by atoms with van der Waals surface area (Å²) in [7, 11) is 0. The third-order valence-electron chi connectivity index (χ3n) is 9.36. The highest BCUT2D eigenvalue weighted by molar-refractivity contribution is 5.93. The second kappa shape index (κ2) is 19.0. The molecule has 9 heteroatoms. The second-order valence-corrected chi connectivity index (χ2v) is 13.5. The van der Waals surface area contributed by atoms with Gasteiger partial charge in [-0.05, 0) is 46.4 Å². The molecule has 53 heavy (non-hydrogen) atoms. The summed E-state index contributed by atoms with van der Waals surface area (Å²) < 4.78 is 13.3. The first kappa shape index (κ1) is 37.4. The van der Waals surface area contributed by atoms with E-state index in [1.54, 1.807) is 12.1 Å². The number of rotatable bonds is 16. The van der Waals surface area contributed by atoms with Gasteiger partial charge in [-0.1, -0.05) is 121 Å². The highest BCUT2D eigenvalue weighted by Crippen LogP contribution is 2.38. The number of hydrogen-bond acceptors (Lipinski definition) is 7. The molecule has 1 aliphatic heterocycles. The van der Waals surface area contributed by atoms with Crippen LogP contribution in [0.3, 0.4) is 0 Å². The molecule has 0 unspecified atom stereocenters. The van der Waals surface area contributed by atoms with Crippen molar-refractivity contribution < 1.29 is 24.2 Å². The molecular formula is C44H48N4O5. The number of nitrogen functional groups attached to an aromatic ring is 1. The van der Waals surface area contributed by atoms with Gasteiger partial charge in [-0.2, -0.15) is 0 Å².